The van der Waals surface area contributed by atoms with Crippen molar-refractivity contribution in [1.29, 1.82) is 0 Å². The number of carbonyl (C=O) groups is 3. The van der Waals surface area contributed by atoms with Gasteiger partial charge in [-0.05, 0) is 64.8 Å². The molecular formula is C19H26N2O6. The molecule has 1 aliphatic carbocycles. The summed E-state index contributed by atoms with van der Waals surface area (Å²) in [6.07, 6.45) is 0.496. The molecule has 27 heavy (non-hydrogen) atoms. The van der Waals surface area contributed by atoms with Gasteiger partial charge in [-0.3, -0.25) is 4.79 Å². The second kappa shape index (κ2) is 8.28. The Labute approximate surface area is 158 Å². The molecule has 0 aliphatic heterocycles. The van der Waals surface area contributed by atoms with Gasteiger partial charge in [-0.15, -0.1) is 0 Å². The number of amides is 2. The maximum absolute atomic E-state index is 12.5. The Morgan fingerprint density at radius 2 is 1.74 bits per heavy atom. The summed E-state index contributed by atoms with van der Waals surface area (Å²) in [5.74, 6) is -0.263. The van der Waals surface area contributed by atoms with Gasteiger partial charge in [-0.1, -0.05) is 0 Å². The number of carbonyl (C=O) groups excluding carboxylic acids is 3. The van der Waals surface area contributed by atoms with Crippen LogP contribution in [0.1, 0.15) is 40.5 Å². The molecule has 1 fully saturated rings. The van der Waals surface area contributed by atoms with Gasteiger partial charge in [0.1, 0.15) is 16.9 Å². The van der Waals surface area contributed by atoms with Gasteiger partial charge in [0.15, 0.2) is 6.61 Å². The van der Waals surface area contributed by atoms with E-state index in [0.717, 1.165) is 0 Å². The predicted molar refractivity (Wildman–Crippen MR) is 98.5 cm³/mol. The first-order valence-corrected chi connectivity index (χ1v) is 8.85. The van der Waals surface area contributed by atoms with Crippen molar-refractivity contribution in [2.75, 3.05) is 18.5 Å². The Kier molecular flexibility index (Phi) is 6.30. The third-order valence-electron chi connectivity index (χ3n) is 3.70. The zero-order valence-corrected chi connectivity index (χ0v) is 16.1. The summed E-state index contributed by atoms with van der Waals surface area (Å²) in [6, 6.07) is 6.58. The van der Waals surface area contributed by atoms with Crippen LogP contribution in [-0.2, 0) is 19.1 Å². The lowest BCUT2D eigenvalue weighted by Crippen LogP contribution is -2.47. The second-order valence-electron chi connectivity index (χ2n) is 7.28. The summed E-state index contributed by atoms with van der Waals surface area (Å²) in [4.78, 5) is 35.7. The van der Waals surface area contributed by atoms with Crippen molar-refractivity contribution in [1.82, 2.24) is 5.32 Å². The highest BCUT2D eigenvalue weighted by Crippen LogP contribution is 2.37. The molecule has 2 rings (SSSR count). The normalized spacial score (nSPS) is 14.7. The Bertz CT molecular complexity index is 689. The molecule has 2 amide bonds. The number of rotatable bonds is 7. The van der Waals surface area contributed by atoms with Gasteiger partial charge in [-0.2, -0.15) is 0 Å². The first-order valence-electron chi connectivity index (χ1n) is 8.85. The fourth-order valence-corrected chi connectivity index (χ4v) is 2.26. The average Bonchev–Trinajstić information content (AvgIpc) is 3.33. The topological polar surface area (TPSA) is 103 Å². The molecule has 0 aromatic heterocycles. The van der Waals surface area contributed by atoms with Crippen LogP contribution in [0, 0.1) is 0 Å². The molecule has 1 aromatic rings. The van der Waals surface area contributed by atoms with Crippen LogP contribution in [0.2, 0.25) is 0 Å². The van der Waals surface area contributed by atoms with Crippen LogP contribution in [0.25, 0.3) is 0 Å². The Balaban J connectivity index is 1.86. The lowest BCUT2D eigenvalue weighted by Gasteiger charge is -2.23. The molecule has 2 N–H and O–H groups in total. The molecule has 1 aliphatic rings. The highest BCUT2D eigenvalue weighted by atomic mass is 16.6. The van der Waals surface area contributed by atoms with Gasteiger partial charge in [0, 0.05) is 5.69 Å². The molecule has 0 bridgehead atoms. The van der Waals surface area contributed by atoms with Crippen molar-refractivity contribution in [3.05, 3.63) is 24.3 Å². The Morgan fingerprint density at radius 3 is 2.26 bits per heavy atom. The van der Waals surface area contributed by atoms with Gasteiger partial charge in [0.25, 0.3) is 0 Å². The van der Waals surface area contributed by atoms with E-state index in [-0.39, 0.29) is 12.5 Å². The smallest absolute Gasteiger partial charge is 0.408 e. The number of ether oxygens (including phenoxy) is 3. The van der Waals surface area contributed by atoms with Crippen molar-refractivity contribution < 1.29 is 28.6 Å². The molecule has 148 valence electrons. The lowest BCUT2D eigenvalue weighted by molar-refractivity contribution is -0.145. The van der Waals surface area contributed by atoms with Crippen LogP contribution in [0.5, 0.6) is 5.75 Å². The van der Waals surface area contributed by atoms with E-state index in [1.807, 2.05) is 0 Å². The predicted octanol–water partition coefficient (Wildman–Crippen LogP) is 2.62. The Hall–Kier alpha value is -2.77. The minimum Gasteiger partial charge on any atom is -0.482 e. The van der Waals surface area contributed by atoms with Crippen LogP contribution in [0.3, 0.4) is 0 Å². The van der Waals surface area contributed by atoms with Crippen molar-refractivity contribution >= 4 is 23.7 Å². The van der Waals surface area contributed by atoms with Crippen molar-refractivity contribution in [3.63, 3.8) is 0 Å². The first-order chi connectivity index (χ1) is 12.6. The van der Waals surface area contributed by atoms with Crippen molar-refractivity contribution in [2.24, 2.45) is 0 Å². The van der Waals surface area contributed by atoms with Gasteiger partial charge in [0.2, 0.25) is 5.91 Å². The zero-order chi connectivity index (χ0) is 20.1. The second-order valence-corrected chi connectivity index (χ2v) is 7.28. The number of benzene rings is 1. The van der Waals surface area contributed by atoms with Crippen LogP contribution < -0.4 is 15.4 Å². The number of hydrogen-bond donors (Lipinski definition) is 2. The van der Waals surface area contributed by atoms with Gasteiger partial charge in [0.05, 0.1) is 6.61 Å². The molecule has 8 nitrogen and oxygen atoms in total. The van der Waals surface area contributed by atoms with E-state index in [9.17, 15) is 14.4 Å². The van der Waals surface area contributed by atoms with Crippen LogP contribution in [0.4, 0.5) is 10.5 Å². The van der Waals surface area contributed by atoms with E-state index in [1.54, 1.807) is 52.0 Å². The quantitative estimate of drug-likeness (QED) is 0.707. The summed E-state index contributed by atoms with van der Waals surface area (Å²) < 4.78 is 15.3. The van der Waals surface area contributed by atoms with Gasteiger partial charge < -0.3 is 24.8 Å². The molecule has 1 saturated carbocycles. The third-order valence-corrected chi connectivity index (χ3v) is 3.70. The number of nitrogens with one attached hydrogen (secondary N) is 2. The molecule has 8 heteroatoms. The molecule has 0 spiro atoms. The van der Waals surface area contributed by atoms with Crippen molar-refractivity contribution in [3.8, 4) is 5.75 Å². The maximum atomic E-state index is 12.5. The van der Waals surface area contributed by atoms with Crippen LogP contribution >= 0.6 is 0 Å². The standard InChI is InChI=1S/C19H26N2O6/c1-5-25-15(22)12-26-14-8-6-13(7-9-14)20-16(23)19(10-11-19)21-17(24)27-18(2,3)4/h6-9H,5,10-12H2,1-4H3,(H,20,23)(H,21,24). The number of esters is 1. The number of anilines is 1. The van der Waals surface area contributed by atoms with Crippen LogP contribution in [0.15, 0.2) is 24.3 Å². The minimum absolute atomic E-state index is 0.178. The third kappa shape index (κ3) is 6.47. The number of hydrogen-bond acceptors (Lipinski definition) is 6. The highest BCUT2D eigenvalue weighted by Gasteiger charge is 2.52. The lowest BCUT2D eigenvalue weighted by atomic mass is 10.2. The SMILES string of the molecule is CCOC(=O)COc1ccc(NC(=O)C2(NC(=O)OC(C)(C)C)CC2)cc1. The zero-order valence-electron chi connectivity index (χ0n) is 16.1. The first kappa shape index (κ1) is 20.5. The Morgan fingerprint density at radius 1 is 1.11 bits per heavy atom. The largest absolute Gasteiger partial charge is 0.482 e. The summed E-state index contributed by atoms with van der Waals surface area (Å²) >= 11 is 0. The van der Waals surface area contributed by atoms with E-state index < -0.39 is 23.2 Å². The molecule has 0 atom stereocenters. The molecule has 0 unspecified atom stereocenters. The minimum atomic E-state index is -0.929. The van der Waals surface area contributed by atoms with E-state index in [2.05, 4.69) is 10.6 Å². The molecule has 1 aromatic carbocycles. The van der Waals surface area contributed by atoms with E-state index in [0.29, 0.717) is 30.9 Å². The van der Waals surface area contributed by atoms with Gasteiger partial charge >= 0.3 is 12.1 Å². The van der Waals surface area contributed by atoms with E-state index in [4.69, 9.17) is 14.2 Å². The maximum Gasteiger partial charge on any atom is 0.408 e. The summed E-state index contributed by atoms with van der Waals surface area (Å²) in [5.41, 5.74) is -1.00. The molecular weight excluding hydrogens is 352 g/mol. The van der Waals surface area contributed by atoms with E-state index >= 15 is 0 Å². The fourth-order valence-electron chi connectivity index (χ4n) is 2.26. The highest BCUT2D eigenvalue weighted by molar-refractivity contribution is 6.02. The van der Waals surface area contributed by atoms with Crippen molar-refractivity contribution in [2.45, 2.75) is 51.7 Å². The number of alkyl carbamates (subject to hydrolysis) is 1. The fraction of sp³-hybridized carbons (Fsp3) is 0.526. The molecule has 0 heterocycles. The molecule has 0 radical (unpaired) electrons. The summed E-state index contributed by atoms with van der Waals surface area (Å²) in [6.45, 7) is 7.13. The van der Waals surface area contributed by atoms with Crippen LogP contribution in [-0.4, -0.2) is 42.3 Å². The summed E-state index contributed by atoms with van der Waals surface area (Å²) in [7, 11) is 0. The van der Waals surface area contributed by atoms with E-state index in [1.165, 1.54) is 0 Å². The average molecular weight is 378 g/mol. The monoisotopic (exact) mass is 378 g/mol. The van der Waals surface area contributed by atoms with Gasteiger partial charge in [-0.25, -0.2) is 9.59 Å². The summed E-state index contributed by atoms with van der Waals surface area (Å²) in [5, 5.41) is 5.42. The molecule has 0 saturated heterocycles.